The third-order valence-electron chi connectivity index (χ3n) is 2.28. The van der Waals surface area contributed by atoms with Gasteiger partial charge in [-0.2, -0.15) is 35.9 Å². The van der Waals surface area contributed by atoms with E-state index in [9.17, 15) is 0 Å². The van der Waals surface area contributed by atoms with E-state index in [0.29, 0.717) is 0 Å². The molecule has 0 heterocycles. The molecular formula is C14H13U-. The van der Waals surface area contributed by atoms with Crippen LogP contribution in [-0.4, -0.2) is 0 Å². The van der Waals surface area contributed by atoms with Gasteiger partial charge in [-0.3, -0.25) is 0 Å². The number of benzene rings is 2. The zero-order chi connectivity index (χ0) is 9.80. The molecule has 0 aliphatic carbocycles. The molecule has 0 amide bonds. The second-order valence-corrected chi connectivity index (χ2v) is 3.57. The minimum absolute atomic E-state index is 0. The van der Waals surface area contributed by atoms with Crippen LogP contribution < -0.4 is 0 Å². The first kappa shape index (κ1) is 12.6. The first-order valence-electron chi connectivity index (χ1n) is 4.85. The van der Waals surface area contributed by atoms with Crippen LogP contribution in [0.15, 0.2) is 48.5 Å². The van der Waals surface area contributed by atoms with Crippen LogP contribution in [0, 0.1) is 44.1 Å². The molecule has 1 heteroatoms. The predicted octanol–water partition coefficient (Wildman–Crippen LogP) is 3.39. The van der Waals surface area contributed by atoms with Crippen molar-refractivity contribution in [2.24, 2.45) is 0 Å². The van der Waals surface area contributed by atoms with E-state index in [4.69, 9.17) is 0 Å². The maximum Gasteiger partial charge on any atom is 0 e. The van der Waals surface area contributed by atoms with Crippen LogP contribution >= 0.6 is 0 Å². The molecule has 15 heavy (non-hydrogen) atoms. The normalized spacial score (nSPS) is 9.40. The monoisotopic (exact) mass is 419 g/mol. The molecule has 2 aromatic carbocycles. The Morgan fingerprint density at radius 3 is 2.40 bits per heavy atom. The van der Waals surface area contributed by atoms with Gasteiger partial charge in [-0.15, -0.1) is 0 Å². The van der Waals surface area contributed by atoms with Crippen molar-refractivity contribution in [3.8, 4) is 0 Å². The zero-order valence-electron chi connectivity index (χ0n) is 8.83. The molecule has 0 spiro atoms. The van der Waals surface area contributed by atoms with Crippen LogP contribution in [0.3, 0.4) is 0 Å². The summed E-state index contributed by atoms with van der Waals surface area (Å²) in [5, 5.41) is 0. The Balaban J connectivity index is 0.00000112. The summed E-state index contributed by atoms with van der Waals surface area (Å²) < 4.78 is 0. The Kier molecular flexibility index (Phi) is 5.16. The van der Waals surface area contributed by atoms with Crippen molar-refractivity contribution in [2.75, 3.05) is 0 Å². The van der Waals surface area contributed by atoms with Crippen molar-refractivity contribution in [2.45, 2.75) is 13.3 Å². The van der Waals surface area contributed by atoms with Gasteiger partial charge < -0.3 is 0 Å². The van der Waals surface area contributed by atoms with Crippen LogP contribution in [-0.2, 0) is 6.42 Å². The Morgan fingerprint density at radius 1 is 1.00 bits per heavy atom. The fourth-order valence-corrected chi connectivity index (χ4v) is 1.60. The molecule has 2 aromatic rings. The van der Waals surface area contributed by atoms with Gasteiger partial charge in [0.1, 0.15) is 0 Å². The summed E-state index contributed by atoms with van der Waals surface area (Å²) in [4.78, 5) is 0. The summed E-state index contributed by atoms with van der Waals surface area (Å²) in [5.41, 5.74) is 4.04. The number of aryl methyl sites for hydroxylation is 1. The van der Waals surface area contributed by atoms with Crippen molar-refractivity contribution < 1.29 is 31.1 Å². The van der Waals surface area contributed by atoms with E-state index in [0.717, 1.165) is 6.42 Å². The number of hydrogen-bond acceptors (Lipinski definition) is 0. The van der Waals surface area contributed by atoms with Gasteiger partial charge in [0.2, 0.25) is 0 Å². The maximum atomic E-state index is 3.03. The standard InChI is InChI=1S/C14H13.U/c1-12-6-5-9-14(10-12)11-13-7-3-2-4-8-13;/h3-10H,11H2,1H3;/q-1;. The Labute approximate surface area is 115 Å². The van der Waals surface area contributed by atoms with Gasteiger partial charge in [0.15, 0.2) is 0 Å². The van der Waals surface area contributed by atoms with Crippen LogP contribution in [0.25, 0.3) is 0 Å². The van der Waals surface area contributed by atoms with Crippen LogP contribution in [0.1, 0.15) is 16.7 Å². The van der Waals surface area contributed by atoms with Crippen LogP contribution in [0.5, 0.6) is 0 Å². The second kappa shape index (κ2) is 6.16. The van der Waals surface area contributed by atoms with Gasteiger partial charge >= 0.3 is 0 Å². The molecule has 0 aliphatic heterocycles. The summed E-state index contributed by atoms with van der Waals surface area (Å²) in [5.74, 6) is 0. The maximum absolute atomic E-state index is 3.03. The van der Waals surface area contributed by atoms with E-state index in [2.05, 4.69) is 49.4 Å². The van der Waals surface area contributed by atoms with Crippen molar-refractivity contribution in [3.05, 3.63) is 71.3 Å². The summed E-state index contributed by atoms with van der Waals surface area (Å²) in [6.07, 6.45) is 1.01. The van der Waals surface area contributed by atoms with E-state index in [1.807, 2.05) is 12.1 Å². The second-order valence-electron chi connectivity index (χ2n) is 3.57. The third-order valence-corrected chi connectivity index (χ3v) is 2.28. The molecule has 0 bridgehead atoms. The third kappa shape index (κ3) is 3.86. The van der Waals surface area contributed by atoms with E-state index in [1.54, 1.807) is 0 Å². The molecule has 2 rings (SSSR count). The van der Waals surface area contributed by atoms with Crippen LogP contribution in [0.4, 0.5) is 0 Å². The Morgan fingerprint density at radius 2 is 1.73 bits per heavy atom. The molecule has 0 nitrogen and oxygen atoms in total. The zero-order valence-corrected chi connectivity index (χ0v) is 13.0. The molecule has 74 valence electrons. The minimum Gasteiger partial charge on any atom is -0.184 e. The van der Waals surface area contributed by atoms with Gasteiger partial charge in [-0.25, -0.2) is 0 Å². The summed E-state index contributed by atoms with van der Waals surface area (Å²) >= 11 is 0. The predicted molar refractivity (Wildman–Crippen MR) is 59.3 cm³/mol. The van der Waals surface area contributed by atoms with E-state index in [1.165, 1.54) is 16.7 Å². The minimum atomic E-state index is 0. The summed E-state index contributed by atoms with van der Waals surface area (Å²) in [6.45, 7) is 2.13. The first-order valence-corrected chi connectivity index (χ1v) is 4.85. The summed E-state index contributed by atoms with van der Waals surface area (Å²) in [7, 11) is 0. The van der Waals surface area contributed by atoms with Gasteiger partial charge in [-0.05, 0) is 18.9 Å². The molecule has 0 atom stereocenters. The SMILES string of the molecule is Cc1cccc(Cc2cc[c-]cc2)c1.[U]. The molecule has 0 unspecified atom stereocenters. The Bertz CT molecular complexity index is 407. The smallest absolute Gasteiger partial charge is 0 e. The molecule has 0 radical (unpaired) electrons. The Hall–Kier alpha value is -0.508. The van der Waals surface area contributed by atoms with Crippen molar-refractivity contribution >= 4 is 0 Å². The number of hydrogen-bond donors (Lipinski definition) is 0. The average molecular weight is 419 g/mol. The van der Waals surface area contributed by atoms with Crippen molar-refractivity contribution in [3.63, 3.8) is 0 Å². The molecule has 0 saturated carbocycles. The van der Waals surface area contributed by atoms with Crippen LogP contribution in [0.2, 0.25) is 0 Å². The van der Waals surface area contributed by atoms with E-state index >= 15 is 0 Å². The molecular weight excluding hydrogens is 406 g/mol. The van der Waals surface area contributed by atoms with Gasteiger partial charge in [0, 0.05) is 31.1 Å². The van der Waals surface area contributed by atoms with Crippen molar-refractivity contribution in [1.82, 2.24) is 0 Å². The molecule has 0 aliphatic rings. The average Bonchev–Trinajstić information content (AvgIpc) is 2.19. The topological polar surface area (TPSA) is 0 Å². The quantitative estimate of drug-likeness (QED) is 0.655. The molecule has 0 fully saturated rings. The van der Waals surface area contributed by atoms with Gasteiger partial charge in [0.05, 0.1) is 0 Å². The largest absolute Gasteiger partial charge is 0.184 e. The van der Waals surface area contributed by atoms with Gasteiger partial charge in [-0.1, -0.05) is 29.8 Å². The molecule has 0 aromatic heterocycles. The van der Waals surface area contributed by atoms with E-state index in [-0.39, 0.29) is 31.1 Å². The fraction of sp³-hybridized carbons (Fsp3) is 0.143. The number of rotatable bonds is 2. The van der Waals surface area contributed by atoms with Gasteiger partial charge in [0.25, 0.3) is 0 Å². The first-order chi connectivity index (χ1) is 6.84. The van der Waals surface area contributed by atoms with Crippen molar-refractivity contribution in [1.29, 1.82) is 0 Å². The molecule has 0 saturated heterocycles. The fourth-order valence-electron chi connectivity index (χ4n) is 1.60. The molecule has 0 N–H and O–H groups in total. The summed E-state index contributed by atoms with van der Waals surface area (Å²) in [6, 6.07) is 19.8. The van der Waals surface area contributed by atoms with E-state index < -0.39 is 0 Å².